The zero-order valence-electron chi connectivity index (χ0n) is 8.84. The van der Waals surface area contributed by atoms with Crippen LogP contribution in [-0.4, -0.2) is 16.9 Å². The number of alkyl halides is 1. The molecule has 0 radical (unpaired) electrons. The number of rotatable bonds is 6. The third-order valence-corrected chi connectivity index (χ3v) is 2.74. The molecule has 4 heteroatoms. The van der Waals surface area contributed by atoms with Crippen molar-refractivity contribution in [3.8, 4) is 0 Å². The van der Waals surface area contributed by atoms with Gasteiger partial charge in [-0.3, -0.25) is 4.98 Å². The van der Waals surface area contributed by atoms with Crippen LogP contribution >= 0.6 is 27.5 Å². The first kappa shape index (κ1) is 12.9. The number of nitrogens with one attached hydrogen (secondary N) is 1. The van der Waals surface area contributed by atoms with Gasteiger partial charge in [-0.2, -0.15) is 0 Å². The molecule has 84 valence electrons. The molecule has 0 bridgehead atoms. The Hall–Kier alpha value is -0.120. The van der Waals surface area contributed by atoms with Crippen molar-refractivity contribution < 1.29 is 0 Å². The second-order valence-electron chi connectivity index (χ2n) is 3.57. The van der Waals surface area contributed by atoms with E-state index in [4.69, 9.17) is 11.6 Å². The van der Waals surface area contributed by atoms with Crippen LogP contribution in [0.15, 0.2) is 22.8 Å². The lowest BCUT2D eigenvalue weighted by Crippen LogP contribution is -2.16. The van der Waals surface area contributed by atoms with Crippen molar-refractivity contribution in [2.45, 2.75) is 31.7 Å². The summed E-state index contributed by atoms with van der Waals surface area (Å²) in [6.45, 7) is 3.84. The molecule has 1 aromatic heterocycles. The molecule has 1 rings (SSSR count). The van der Waals surface area contributed by atoms with Crippen LogP contribution in [0.1, 0.15) is 25.5 Å². The van der Waals surface area contributed by atoms with Crippen molar-refractivity contribution in [2.75, 3.05) is 6.54 Å². The minimum absolute atomic E-state index is 0.276. The van der Waals surface area contributed by atoms with Crippen molar-refractivity contribution >= 4 is 27.5 Å². The number of hydrogen-bond acceptors (Lipinski definition) is 2. The van der Waals surface area contributed by atoms with Gasteiger partial charge in [0.15, 0.2) is 0 Å². The summed E-state index contributed by atoms with van der Waals surface area (Å²) >= 11 is 9.20. The zero-order chi connectivity index (χ0) is 11.1. The number of halogens is 2. The molecule has 1 heterocycles. The van der Waals surface area contributed by atoms with Gasteiger partial charge in [-0.15, -0.1) is 11.6 Å². The highest BCUT2D eigenvalue weighted by Crippen LogP contribution is 2.07. The Balaban J connectivity index is 2.12. The maximum atomic E-state index is 5.85. The van der Waals surface area contributed by atoms with Gasteiger partial charge < -0.3 is 5.32 Å². The average Bonchev–Trinajstić information content (AvgIpc) is 2.20. The molecular weight excluding hydrogens is 275 g/mol. The molecular formula is C11H16BrClN2. The van der Waals surface area contributed by atoms with E-state index >= 15 is 0 Å². The Morgan fingerprint density at radius 2 is 2.33 bits per heavy atom. The average molecular weight is 292 g/mol. The largest absolute Gasteiger partial charge is 0.311 e. The quantitative estimate of drug-likeness (QED) is 0.642. The van der Waals surface area contributed by atoms with E-state index in [1.807, 2.05) is 25.3 Å². The third-order valence-electron chi connectivity index (χ3n) is 2.05. The van der Waals surface area contributed by atoms with Crippen molar-refractivity contribution in [3.05, 3.63) is 28.5 Å². The fraction of sp³-hybridized carbons (Fsp3) is 0.545. The molecule has 0 spiro atoms. The topological polar surface area (TPSA) is 24.9 Å². The van der Waals surface area contributed by atoms with Crippen molar-refractivity contribution in [3.63, 3.8) is 0 Å². The van der Waals surface area contributed by atoms with Gasteiger partial charge >= 0.3 is 0 Å². The van der Waals surface area contributed by atoms with E-state index in [2.05, 4.69) is 26.2 Å². The monoisotopic (exact) mass is 290 g/mol. The van der Waals surface area contributed by atoms with Crippen LogP contribution in [0.2, 0.25) is 0 Å². The van der Waals surface area contributed by atoms with Gasteiger partial charge in [0.25, 0.3) is 0 Å². The van der Waals surface area contributed by atoms with Crippen LogP contribution in [-0.2, 0) is 6.54 Å². The molecule has 1 atom stereocenters. The first-order valence-electron chi connectivity index (χ1n) is 5.13. The van der Waals surface area contributed by atoms with E-state index in [1.165, 1.54) is 0 Å². The normalized spacial score (nSPS) is 12.7. The summed E-state index contributed by atoms with van der Waals surface area (Å²) in [5.41, 5.74) is 1.07. The van der Waals surface area contributed by atoms with Crippen LogP contribution in [0.25, 0.3) is 0 Å². The van der Waals surface area contributed by atoms with Crippen molar-refractivity contribution in [1.29, 1.82) is 0 Å². The van der Waals surface area contributed by atoms with Crippen LogP contribution in [0, 0.1) is 0 Å². The molecule has 0 aliphatic heterocycles. The molecule has 15 heavy (non-hydrogen) atoms. The standard InChI is InChI=1S/C11H16BrClN2/c1-9(13)3-2-6-14-8-11-5-4-10(12)7-15-11/h4-5,7,9,14H,2-3,6,8H2,1H3. The fourth-order valence-electron chi connectivity index (χ4n) is 1.24. The Morgan fingerprint density at radius 1 is 1.53 bits per heavy atom. The molecule has 0 aliphatic rings. The highest BCUT2D eigenvalue weighted by Gasteiger charge is 1.96. The summed E-state index contributed by atoms with van der Waals surface area (Å²) in [5, 5.41) is 3.62. The molecule has 0 fully saturated rings. The summed E-state index contributed by atoms with van der Waals surface area (Å²) in [6, 6.07) is 4.02. The van der Waals surface area contributed by atoms with Crippen molar-refractivity contribution in [2.24, 2.45) is 0 Å². The molecule has 2 nitrogen and oxygen atoms in total. The van der Waals surface area contributed by atoms with Crippen LogP contribution in [0.3, 0.4) is 0 Å². The first-order valence-corrected chi connectivity index (χ1v) is 6.36. The molecule has 0 amide bonds. The fourth-order valence-corrected chi connectivity index (χ4v) is 1.62. The Labute approximate surface area is 105 Å². The van der Waals surface area contributed by atoms with E-state index < -0.39 is 0 Å². The van der Waals surface area contributed by atoms with E-state index in [1.54, 1.807) is 0 Å². The summed E-state index contributed by atoms with van der Waals surface area (Å²) in [5.74, 6) is 0. The zero-order valence-corrected chi connectivity index (χ0v) is 11.2. The highest BCUT2D eigenvalue weighted by molar-refractivity contribution is 9.10. The predicted octanol–water partition coefficient (Wildman–Crippen LogP) is 3.34. The minimum atomic E-state index is 0.276. The predicted molar refractivity (Wildman–Crippen MR) is 68.2 cm³/mol. The van der Waals surface area contributed by atoms with E-state index in [0.717, 1.165) is 36.1 Å². The Kier molecular flexibility index (Phi) is 6.22. The summed E-state index contributed by atoms with van der Waals surface area (Å²) in [4.78, 5) is 4.28. The summed E-state index contributed by atoms with van der Waals surface area (Å²) < 4.78 is 1.02. The SMILES string of the molecule is CC(Cl)CCCNCc1ccc(Br)cn1. The number of nitrogens with zero attached hydrogens (tertiary/aromatic N) is 1. The maximum Gasteiger partial charge on any atom is 0.0542 e. The van der Waals surface area contributed by atoms with Gasteiger partial charge in [-0.05, 0) is 54.4 Å². The molecule has 1 N–H and O–H groups in total. The summed E-state index contributed by atoms with van der Waals surface area (Å²) in [6.07, 6.45) is 3.99. The lowest BCUT2D eigenvalue weighted by Gasteiger charge is -2.05. The smallest absolute Gasteiger partial charge is 0.0542 e. The van der Waals surface area contributed by atoms with Gasteiger partial charge in [0.05, 0.1) is 5.69 Å². The van der Waals surface area contributed by atoms with Crippen LogP contribution in [0.4, 0.5) is 0 Å². The second kappa shape index (κ2) is 7.20. The van der Waals surface area contributed by atoms with Gasteiger partial charge in [0, 0.05) is 22.6 Å². The second-order valence-corrected chi connectivity index (χ2v) is 5.23. The molecule has 0 aliphatic carbocycles. The summed E-state index contributed by atoms with van der Waals surface area (Å²) in [7, 11) is 0. The van der Waals surface area contributed by atoms with Gasteiger partial charge in [-0.1, -0.05) is 0 Å². The Morgan fingerprint density at radius 3 is 2.93 bits per heavy atom. The molecule has 1 aromatic rings. The first-order chi connectivity index (χ1) is 7.18. The van der Waals surface area contributed by atoms with Crippen LogP contribution in [0.5, 0.6) is 0 Å². The van der Waals surface area contributed by atoms with Gasteiger partial charge in [-0.25, -0.2) is 0 Å². The maximum absolute atomic E-state index is 5.85. The molecule has 0 saturated heterocycles. The van der Waals surface area contributed by atoms with E-state index in [-0.39, 0.29) is 5.38 Å². The highest BCUT2D eigenvalue weighted by atomic mass is 79.9. The number of hydrogen-bond donors (Lipinski definition) is 1. The third kappa shape index (κ3) is 6.13. The molecule has 1 unspecified atom stereocenters. The van der Waals surface area contributed by atoms with E-state index in [0.29, 0.717) is 0 Å². The lowest BCUT2D eigenvalue weighted by atomic mass is 10.2. The van der Waals surface area contributed by atoms with Crippen molar-refractivity contribution in [1.82, 2.24) is 10.3 Å². The Bertz CT molecular complexity index is 274. The van der Waals surface area contributed by atoms with Gasteiger partial charge in [0.2, 0.25) is 0 Å². The minimum Gasteiger partial charge on any atom is -0.311 e. The number of pyridine rings is 1. The van der Waals surface area contributed by atoms with Gasteiger partial charge in [0.1, 0.15) is 0 Å². The molecule has 0 aromatic carbocycles. The molecule has 0 saturated carbocycles. The lowest BCUT2D eigenvalue weighted by molar-refractivity contribution is 0.613. The number of aromatic nitrogens is 1. The van der Waals surface area contributed by atoms with Crippen LogP contribution < -0.4 is 5.32 Å². The van der Waals surface area contributed by atoms with E-state index in [9.17, 15) is 0 Å².